The molecule has 0 aliphatic heterocycles. The van der Waals surface area contributed by atoms with Crippen LogP contribution in [0.3, 0.4) is 0 Å². The number of hydrogen-bond acceptors (Lipinski definition) is 15. The van der Waals surface area contributed by atoms with Crippen molar-refractivity contribution in [2.24, 2.45) is 11.8 Å². The second kappa shape index (κ2) is 74.5. The van der Waals surface area contributed by atoms with Crippen LogP contribution in [0, 0.1) is 11.8 Å². The molecule has 102 heavy (non-hydrogen) atoms. The highest BCUT2D eigenvalue weighted by Crippen LogP contribution is 2.45. The Balaban J connectivity index is 5.26. The Labute approximate surface area is 626 Å². The number of rotatable bonds is 82. The normalized spacial score (nSPS) is 13.9. The fourth-order valence-electron chi connectivity index (χ4n) is 12.9. The van der Waals surface area contributed by atoms with Gasteiger partial charge in [-0.15, -0.1) is 0 Å². The lowest BCUT2D eigenvalue weighted by Gasteiger charge is -2.21. The van der Waals surface area contributed by atoms with Gasteiger partial charge >= 0.3 is 39.5 Å². The zero-order valence-corrected chi connectivity index (χ0v) is 68.7. The van der Waals surface area contributed by atoms with Crippen molar-refractivity contribution in [2.75, 3.05) is 39.6 Å². The van der Waals surface area contributed by atoms with Gasteiger partial charge in [0.15, 0.2) is 12.2 Å². The highest BCUT2D eigenvalue weighted by atomic mass is 31.2. The molecule has 0 aliphatic carbocycles. The van der Waals surface area contributed by atoms with Crippen molar-refractivity contribution < 1.29 is 80.2 Å². The second-order valence-corrected chi connectivity index (χ2v) is 33.7. The highest BCUT2D eigenvalue weighted by Gasteiger charge is 2.30. The molecular weight excluding hydrogens is 1330 g/mol. The summed E-state index contributed by atoms with van der Waals surface area (Å²) in [7, 11) is -9.92. The first-order chi connectivity index (χ1) is 49.4. The van der Waals surface area contributed by atoms with Crippen molar-refractivity contribution in [3.05, 3.63) is 0 Å². The number of esters is 4. The number of unbranched alkanes of at least 4 members (excludes halogenated alkanes) is 52. The highest BCUT2D eigenvalue weighted by molar-refractivity contribution is 7.47. The summed E-state index contributed by atoms with van der Waals surface area (Å²) in [6.45, 7) is 9.68. The summed E-state index contributed by atoms with van der Waals surface area (Å²) in [6, 6.07) is 0. The standard InChI is InChI=1S/C83H162O17P2/c1-7-9-11-13-15-17-19-21-22-23-24-25-26-30-37-43-49-55-61-67-82(87)99-78(71-94-81(86)66-60-54-48-42-36-31-27-29-33-39-45-51-57-63-75(3)4)73-97-101(89,90)95-69-77(84)70-96-102(91,92)98-74-79(72-93-80(85)65-59-53-47-41-35-28-20-18-16-14-12-10-8-2)100-83(88)68-62-56-50-44-38-32-34-40-46-52-58-64-76(5)6/h75-79,84H,7-74H2,1-6H3,(H,89,90)(H,91,92)/t77-,78-,79-/m1/s1. The molecule has 0 heterocycles. The molecule has 0 aliphatic rings. The van der Waals surface area contributed by atoms with E-state index in [1.165, 1.54) is 257 Å². The van der Waals surface area contributed by atoms with Crippen molar-refractivity contribution in [1.29, 1.82) is 0 Å². The Morgan fingerprint density at radius 3 is 0.667 bits per heavy atom. The van der Waals surface area contributed by atoms with Gasteiger partial charge in [0, 0.05) is 25.7 Å². The Morgan fingerprint density at radius 1 is 0.265 bits per heavy atom. The molecule has 0 fully saturated rings. The van der Waals surface area contributed by atoms with Gasteiger partial charge in [-0.05, 0) is 37.5 Å². The average molecular weight is 1490 g/mol. The van der Waals surface area contributed by atoms with E-state index in [0.717, 1.165) is 102 Å². The van der Waals surface area contributed by atoms with Gasteiger partial charge in [-0.3, -0.25) is 37.3 Å². The molecule has 0 bridgehead atoms. The van der Waals surface area contributed by atoms with Crippen LogP contribution in [0.4, 0.5) is 0 Å². The van der Waals surface area contributed by atoms with Gasteiger partial charge in [-0.1, -0.05) is 388 Å². The number of ether oxygens (including phenoxy) is 4. The van der Waals surface area contributed by atoms with Crippen LogP contribution < -0.4 is 0 Å². The van der Waals surface area contributed by atoms with Crippen molar-refractivity contribution in [1.82, 2.24) is 0 Å². The molecule has 0 aromatic rings. The minimum atomic E-state index is -4.96. The fourth-order valence-corrected chi connectivity index (χ4v) is 14.5. The van der Waals surface area contributed by atoms with Gasteiger partial charge in [-0.2, -0.15) is 0 Å². The van der Waals surface area contributed by atoms with Crippen LogP contribution in [0.5, 0.6) is 0 Å². The largest absolute Gasteiger partial charge is 0.472 e. The minimum absolute atomic E-state index is 0.107. The summed E-state index contributed by atoms with van der Waals surface area (Å²) in [5.41, 5.74) is 0. The molecule has 606 valence electrons. The first-order valence-corrected chi connectivity index (χ1v) is 46.0. The molecule has 0 rings (SSSR count). The Bertz CT molecular complexity index is 1960. The smallest absolute Gasteiger partial charge is 0.462 e. The minimum Gasteiger partial charge on any atom is -0.462 e. The van der Waals surface area contributed by atoms with E-state index < -0.39 is 97.5 Å². The van der Waals surface area contributed by atoms with Crippen molar-refractivity contribution >= 4 is 39.5 Å². The van der Waals surface area contributed by atoms with E-state index in [9.17, 15) is 43.2 Å². The molecule has 0 amide bonds. The van der Waals surface area contributed by atoms with Crippen LogP contribution in [0.1, 0.15) is 440 Å². The van der Waals surface area contributed by atoms with Gasteiger partial charge in [0.1, 0.15) is 19.3 Å². The quantitative estimate of drug-likeness (QED) is 0.0222. The third kappa shape index (κ3) is 76.3. The molecule has 0 radical (unpaired) electrons. The zero-order valence-electron chi connectivity index (χ0n) is 66.9. The summed E-state index contributed by atoms with van der Waals surface area (Å²) in [4.78, 5) is 73.2. The molecule has 0 aromatic carbocycles. The van der Waals surface area contributed by atoms with Crippen LogP contribution in [0.2, 0.25) is 0 Å². The maximum absolute atomic E-state index is 13.1. The third-order valence-corrected chi connectivity index (χ3v) is 21.4. The molecule has 0 aromatic heterocycles. The topological polar surface area (TPSA) is 237 Å². The summed E-state index contributed by atoms with van der Waals surface area (Å²) in [5.74, 6) is -0.547. The van der Waals surface area contributed by atoms with E-state index >= 15 is 0 Å². The molecular formula is C83H162O17P2. The fraction of sp³-hybridized carbons (Fsp3) is 0.952. The van der Waals surface area contributed by atoms with E-state index in [0.29, 0.717) is 25.7 Å². The van der Waals surface area contributed by atoms with Crippen molar-refractivity contribution in [2.45, 2.75) is 458 Å². The molecule has 3 N–H and O–H groups in total. The van der Waals surface area contributed by atoms with Crippen LogP contribution in [-0.4, -0.2) is 96.7 Å². The van der Waals surface area contributed by atoms with Crippen molar-refractivity contribution in [3.63, 3.8) is 0 Å². The molecule has 5 atom stereocenters. The summed E-state index contributed by atoms with van der Waals surface area (Å²) < 4.78 is 68.8. The molecule has 19 heteroatoms. The number of carbonyl (C=O) groups is 4. The summed E-state index contributed by atoms with van der Waals surface area (Å²) in [5, 5.41) is 10.7. The van der Waals surface area contributed by atoms with Crippen LogP contribution in [0.25, 0.3) is 0 Å². The van der Waals surface area contributed by atoms with Gasteiger partial charge in [0.05, 0.1) is 26.4 Å². The van der Waals surface area contributed by atoms with E-state index in [4.69, 9.17) is 37.0 Å². The number of aliphatic hydroxyl groups is 1. The number of carbonyl (C=O) groups excluding carboxylic acids is 4. The van der Waals surface area contributed by atoms with Crippen LogP contribution in [-0.2, 0) is 65.4 Å². The number of aliphatic hydroxyl groups excluding tert-OH is 1. The summed E-state index contributed by atoms with van der Waals surface area (Å²) >= 11 is 0. The van der Waals surface area contributed by atoms with E-state index in [1.54, 1.807) is 0 Å². The maximum atomic E-state index is 13.1. The van der Waals surface area contributed by atoms with E-state index in [-0.39, 0.29) is 25.7 Å². The SMILES string of the molecule is CCCCCCCCCCCCCCCCCCCCCC(=O)O[C@H](COC(=O)CCCCCCCCCCCCCCCC(C)C)COP(=O)(O)OC[C@@H](O)COP(=O)(O)OC[C@@H](COC(=O)CCCCCCCCCCCCCCC)OC(=O)CCCCCCCCCCCCCC(C)C. The van der Waals surface area contributed by atoms with Crippen LogP contribution >= 0.6 is 15.6 Å². The molecule has 0 saturated carbocycles. The maximum Gasteiger partial charge on any atom is 0.472 e. The number of phosphoric ester groups is 2. The van der Waals surface area contributed by atoms with E-state index in [2.05, 4.69) is 41.5 Å². The van der Waals surface area contributed by atoms with E-state index in [1.807, 2.05) is 0 Å². The van der Waals surface area contributed by atoms with Crippen molar-refractivity contribution in [3.8, 4) is 0 Å². The zero-order chi connectivity index (χ0) is 74.9. The van der Waals surface area contributed by atoms with Gasteiger partial charge in [0.2, 0.25) is 0 Å². The van der Waals surface area contributed by atoms with Crippen LogP contribution in [0.15, 0.2) is 0 Å². The molecule has 2 unspecified atom stereocenters. The first-order valence-electron chi connectivity index (χ1n) is 43.0. The Kier molecular flexibility index (Phi) is 73.1. The second-order valence-electron chi connectivity index (χ2n) is 30.8. The number of hydrogen-bond donors (Lipinski definition) is 3. The molecule has 0 saturated heterocycles. The predicted octanol–water partition coefficient (Wildman–Crippen LogP) is 25.1. The van der Waals surface area contributed by atoms with Gasteiger partial charge in [-0.25, -0.2) is 9.13 Å². The lowest BCUT2D eigenvalue weighted by atomic mass is 10.0. The van der Waals surface area contributed by atoms with Gasteiger partial charge in [0.25, 0.3) is 0 Å². The lowest BCUT2D eigenvalue weighted by Crippen LogP contribution is -2.30. The molecule has 17 nitrogen and oxygen atoms in total. The summed E-state index contributed by atoms with van der Waals surface area (Å²) in [6.07, 6.45) is 65.1. The first kappa shape index (κ1) is 100. The average Bonchev–Trinajstić information content (AvgIpc) is 0.915. The molecule has 0 spiro atoms. The Morgan fingerprint density at radius 2 is 0.451 bits per heavy atom. The third-order valence-electron chi connectivity index (χ3n) is 19.5. The Hall–Kier alpha value is -1.94. The van der Waals surface area contributed by atoms with Gasteiger partial charge < -0.3 is 33.8 Å². The monoisotopic (exact) mass is 1490 g/mol. The number of phosphoric acid groups is 2. The lowest BCUT2D eigenvalue weighted by molar-refractivity contribution is -0.161. The predicted molar refractivity (Wildman–Crippen MR) is 418 cm³/mol.